The molecule has 0 fully saturated rings. The number of aryl methyl sites for hydroxylation is 2. The second kappa shape index (κ2) is 9.32. The molecule has 0 saturated heterocycles. The average molecular weight is 449 g/mol. The summed E-state index contributed by atoms with van der Waals surface area (Å²) in [7, 11) is 5.20. The number of carbonyl (C=O) groups is 1. The largest absolute Gasteiger partial charge is 0.496 e. The van der Waals surface area contributed by atoms with E-state index in [1.807, 2.05) is 61.0 Å². The number of nitrogens with zero attached hydrogens (tertiary/aromatic N) is 3. The number of aromatic nitrogens is 2. The quantitative estimate of drug-likeness (QED) is 0.259. The maximum Gasteiger partial charge on any atom is 0.250 e. The first-order valence-electron chi connectivity index (χ1n) is 10.0. The van der Waals surface area contributed by atoms with Crippen LogP contribution in [0.2, 0.25) is 0 Å². The number of benzene rings is 3. The highest BCUT2D eigenvalue weighted by atomic mass is 32.2. The number of rotatable bonds is 7. The molecule has 8 heteroatoms. The monoisotopic (exact) mass is 448 g/mol. The van der Waals surface area contributed by atoms with E-state index in [4.69, 9.17) is 9.47 Å². The first kappa shape index (κ1) is 21.7. The summed E-state index contributed by atoms with van der Waals surface area (Å²) in [5, 5.41) is 6.72. The molecule has 0 spiro atoms. The first-order valence-corrected chi connectivity index (χ1v) is 11.0. The molecule has 0 aliphatic carbocycles. The van der Waals surface area contributed by atoms with Crippen molar-refractivity contribution in [2.75, 3.05) is 20.0 Å². The summed E-state index contributed by atoms with van der Waals surface area (Å²) in [5.74, 6) is 1.45. The number of imidazole rings is 1. The van der Waals surface area contributed by atoms with Crippen LogP contribution in [0.3, 0.4) is 0 Å². The molecule has 0 radical (unpaired) electrons. The molecule has 4 rings (SSSR count). The van der Waals surface area contributed by atoms with Gasteiger partial charge in [0.1, 0.15) is 11.5 Å². The van der Waals surface area contributed by atoms with E-state index in [0.29, 0.717) is 5.75 Å². The number of carbonyl (C=O) groups excluding carboxylic acids is 1. The lowest BCUT2D eigenvalue weighted by atomic mass is 10.0. The van der Waals surface area contributed by atoms with Gasteiger partial charge in [-0.25, -0.2) is 10.4 Å². The molecule has 1 heterocycles. The van der Waals surface area contributed by atoms with Gasteiger partial charge >= 0.3 is 0 Å². The number of nitrogens with one attached hydrogen (secondary N) is 1. The molecule has 4 aromatic rings. The number of fused-ring (bicyclic) bond motifs is 2. The third kappa shape index (κ3) is 4.27. The number of thioether (sulfide) groups is 1. The standard InChI is InChI=1S/C24H24N4O3S/c1-15-8-10-19-18(12-15)26-24(28(19)2)32-14-22(29)27-25-13-16-9-11-20(30-3)17-6-5-7-21(31-4)23(16)17/h5-13H,14H2,1-4H3,(H,27,29)/b25-13-. The van der Waals surface area contributed by atoms with Crippen molar-refractivity contribution in [1.29, 1.82) is 0 Å². The molecule has 0 unspecified atom stereocenters. The van der Waals surface area contributed by atoms with Crippen molar-refractivity contribution < 1.29 is 14.3 Å². The Balaban J connectivity index is 1.46. The fraction of sp³-hybridized carbons (Fsp3) is 0.208. The van der Waals surface area contributed by atoms with E-state index >= 15 is 0 Å². The summed E-state index contributed by atoms with van der Waals surface area (Å²) in [4.78, 5) is 17.0. The topological polar surface area (TPSA) is 77.7 Å². The van der Waals surface area contributed by atoms with E-state index in [9.17, 15) is 4.79 Å². The van der Waals surface area contributed by atoms with Crippen LogP contribution in [0.1, 0.15) is 11.1 Å². The van der Waals surface area contributed by atoms with Gasteiger partial charge in [-0.15, -0.1) is 0 Å². The van der Waals surface area contributed by atoms with Crippen molar-refractivity contribution in [3.63, 3.8) is 0 Å². The Bertz CT molecular complexity index is 1330. The number of methoxy groups -OCH3 is 2. The molecular formula is C24H24N4O3S. The predicted molar refractivity (Wildman–Crippen MR) is 129 cm³/mol. The Kier molecular flexibility index (Phi) is 6.32. The van der Waals surface area contributed by atoms with Gasteiger partial charge in [0.25, 0.3) is 5.91 Å². The van der Waals surface area contributed by atoms with Gasteiger partial charge in [0.05, 0.1) is 37.2 Å². The molecule has 164 valence electrons. The van der Waals surface area contributed by atoms with Crippen LogP contribution in [0.4, 0.5) is 0 Å². The van der Waals surface area contributed by atoms with Gasteiger partial charge in [-0.05, 0) is 42.8 Å². The fourth-order valence-electron chi connectivity index (χ4n) is 3.58. The smallest absolute Gasteiger partial charge is 0.250 e. The normalized spacial score (nSPS) is 11.4. The maximum absolute atomic E-state index is 12.3. The Morgan fingerprint density at radius 2 is 1.97 bits per heavy atom. The van der Waals surface area contributed by atoms with Gasteiger partial charge in [0.2, 0.25) is 0 Å². The summed E-state index contributed by atoms with van der Waals surface area (Å²) < 4.78 is 13.0. The number of hydrogen-bond donors (Lipinski definition) is 1. The second-order valence-electron chi connectivity index (χ2n) is 7.27. The van der Waals surface area contributed by atoms with Crippen LogP contribution < -0.4 is 14.9 Å². The van der Waals surface area contributed by atoms with Gasteiger partial charge < -0.3 is 14.0 Å². The molecule has 0 saturated carbocycles. The van der Waals surface area contributed by atoms with Crippen molar-refractivity contribution in [3.05, 3.63) is 59.7 Å². The van der Waals surface area contributed by atoms with Crippen LogP contribution in [0, 0.1) is 6.92 Å². The third-order valence-corrected chi connectivity index (χ3v) is 6.18. The predicted octanol–water partition coefficient (Wildman–Crippen LogP) is 4.29. The van der Waals surface area contributed by atoms with Crippen LogP contribution in [-0.4, -0.2) is 41.6 Å². The van der Waals surface area contributed by atoms with Crippen LogP contribution in [0.5, 0.6) is 11.5 Å². The Hall–Kier alpha value is -3.52. The summed E-state index contributed by atoms with van der Waals surface area (Å²) >= 11 is 1.38. The van der Waals surface area contributed by atoms with Gasteiger partial charge in [-0.1, -0.05) is 30.0 Å². The number of ether oxygens (including phenoxy) is 2. The molecule has 0 atom stereocenters. The zero-order chi connectivity index (χ0) is 22.7. The van der Waals surface area contributed by atoms with Crippen molar-refractivity contribution in [3.8, 4) is 11.5 Å². The van der Waals surface area contributed by atoms with Gasteiger partial charge in [0.15, 0.2) is 5.16 Å². The van der Waals surface area contributed by atoms with Crippen LogP contribution in [0.15, 0.2) is 58.8 Å². The van der Waals surface area contributed by atoms with Crippen molar-refractivity contribution >= 4 is 45.7 Å². The van der Waals surface area contributed by atoms with E-state index in [1.54, 1.807) is 20.4 Å². The molecule has 1 N–H and O–H groups in total. The molecule has 0 aliphatic heterocycles. The lowest BCUT2D eigenvalue weighted by molar-refractivity contribution is -0.118. The maximum atomic E-state index is 12.3. The van der Waals surface area contributed by atoms with Crippen LogP contribution in [-0.2, 0) is 11.8 Å². The second-order valence-corrected chi connectivity index (χ2v) is 8.21. The lowest BCUT2D eigenvalue weighted by Crippen LogP contribution is -2.19. The highest BCUT2D eigenvalue weighted by molar-refractivity contribution is 7.99. The molecule has 0 aliphatic rings. The highest BCUT2D eigenvalue weighted by Crippen LogP contribution is 2.34. The molecule has 3 aromatic carbocycles. The molecule has 1 amide bonds. The van der Waals surface area contributed by atoms with Gasteiger partial charge in [-0.2, -0.15) is 5.10 Å². The summed E-state index contributed by atoms with van der Waals surface area (Å²) in [5.41, 5.74) is 6.53. The number of hydrogen-bond acceptors (Lipinski definition) is 6. The lowest BCUT2D eigenvalue weighted by Gasteiger charge is -2.11. The number of amides is 1. The van der Waals surface area contributed by atoms with Crippen molar-refractivity contribution in [1.82, 2.24) is 15.0 Å². The minimum atomic E-state index is -0.209. The summed E-state index contributed by atoms with van der Waals surface area (Å²) in [6.45, 7) is 2.04. The summed E-state index contributed by atoms with van der Waals surface area (Å²) in [6.07, 6.45) is 1.62. The van der Waals surface area contributed by atoms with Gasteiger partial charge in [0, 0.05) is 23.4 Å². The minimum absolute atomic E-state index is 0.208. The Morgan fingerprint density at radius 3 is 2.75 bits per heavy atom. The number of hydrazone groups is 1. The molecule has 32 heavy (non-hydrogen) atoms. The van der Waals surface area contributed by atoms with Crippen molar-refractivity contribution in [2.45, 2.75) is 12.1 Å². The van der Waals surface area contributed by atoms with E-state index < -0.39 is 0 Å². The van der Waals surface area contributed by atoms with Gasteiger partial charge in [-0.3, -0.25) is 4.79 Å². The molecule has 1 aromatic heterocycles. The van der Waals surface area contributed by atoms with E-state index in [2.05, 4.69) is 21.6 Å². The Morgan fingerprint density at radius 1 is 1.16 bits per heavy atom. The van der Waals surface area contributed by atoms with Crippen LogP contribution >= 0.6 is 11.8 Å². The minimum Gasteiger partial charge on any atom is -0.496 e. The van der Waals surface area contributed by atoms with Crippen molar-refractivity contribution in [2.24, 2.45) is 12.1 Å². The SMILES string of the molecule is COc1ccc(/C=N\NC(=O)CSc2nc3cc(C)ccc3n2C)c2c(OC)cccc12. The highest BCUT2D eigenvalue weighted by Gasteiger charge is 2.12. The summed E-state index contributed by atoms with van der Waals surface area (Å²) in [6, 6.07) is 15.6. The Labute approximate surface area is 190 Å². The zero-order valence-electron chi connectivity index (χ0n) is 18.4. The first-order chi connectivity index (χ1) is 15.5. The molecular weight excluding hydrogens is 424 g/mol. The van der Waals surface area contributed by atoms with E-state index in [-0.39, 0.29) is 11.7 Å². The van der Waals surface area contributed by atoms with E-state index in [0.717, 1.165) is 43.8 Å². The molecule has 0 bridgehead atoms. The fourth-order valence-corrected chi connectivity index (χ4v) is 4.36. The third-order valence-electron chi connectivity index (χ3n) is 5.15. The zero-order valence-corrected chi connectivity index (χ0v) is 19.2. The van der Waals surface area contributed by atoms with E-state index in [1.165, 1.54) is 11.8 Å². The molecule has 7 nitrogen and oxygen atoms in total. The average Bonchev–Trinajstić information content (AvgIpc) is 3.11. The van der Waals surface area contributed by atoms with Crippen LogP contribution in [0.25, 0.3) is 21.8 Å².